The van der Waals surface area contributed by atoms with Crippen LogP contribution in [0.1, 0.15) is 65.7 Å². The van der Waals surface area contributed by atoms with Gasteiger partial charge in [0.05, 0.1) is 6.61 Å². The lowest BCUT2D eigenvalue weighted by molar-refractivity contribution is 0.0579. The fourth-order valence-electron chi connectivity index (χ4n) is 4.76. The number of hydrogen-bond acceptors (Lipinski definition) is 3. The highest BCUT2D eigenvalue weighted by atomic mass is 16.3. The van der Waals surface area contributed by atoms with Gasteiger partial charge in [-0.3, -0.25) is 4.90 Å². The van der Waals surface area contributed by atoms with Gasteiger partial charge in [0.25, 0.3) is 0 Å². The molecule has 2 N–H and O–H groups in total. The van der Waals surface area contributed by atoms with Crippen LogP contribution in [0.5, 0.6) is 0 Å². The molecule has 3 nitrogen and oxygen atoms in total. The van der Waals surface area contributed by atoms with Crippen LogP contribution in [-0.2, 0) is 0 Å². The lowest BCUT2D eigenvalue weighted by Crippen LogP contribution is -2.54. The van der Waals surface area contributed by atoms with Crippen molar-refractivity contribution in [3.63, 3.8) is 0 Å². The van der Waals surface area contributed by atoms with Crippen molar-refractivity contribution in [2.75, 3.05) is 26.2 Å². The lowest BCUT2D eigenvalue weighted by Gasteiger charge is -2.46. The lowest BCUT2D eigenvalue weighted by atomic mass is 9.67. The highest BCUT2D eigenvalue weighted by molar-refractivity contribution is 4.95. The molecule has 3 heteroatoms. The Kier molecular flexibility index (Phi) is 6.51. The van der Waals surface area contributed by atoms with E-state index in [1.54, 1.807) is 0 Å². The standard InChI is InChI=1S/C18H36N2O/c1-4-19-17-15(8-7-11-18(17,2)3)14-20(12-13-21)16-9-5-6-10-16/h15-17,19,21H,4-14H2,1-3H3. The number of hydrogen-bond donors (Lipinski definition) is 2. The average Bonchev–Trinajstić information content (AvgIpc) is 2.96. The Labute approximate surface area is 131 Å². The zero-order valence-electron chi connectivity index (χ0n) is 14.4. The summed E-state index contributed by atoms with van der Waals surface area (Å²) < 4.78 is 0. The van der Waals surface area contributed by atoms with Crippen molar-refractivity contribution in [3.05, 3.63) is 0 Å². The van der Waals surface area contributed by atoms with E-state index in [0.717, 1.165) is 25.0 Å². The highest BCUT2D eigenvalue weighted by Crippen LogP contribution is 2.40. The molecule has 2 atom stereocenters. The molecule has 0 saturated heterocycles. The molecule has 0 aromatic heterocycles. The Balaban J connectivity index is 2.02. The van der Waals surface area contributed by atoms with Gasteiger partial charge in [0.2, 0.25) is 0 Å². The summed E-state index contributed by atoms with van der Waals surface area (Å²) in [5.41, 5.74) is 0.402. The van der Waals surface area contributed by atoms with Crippen LogP contribution in [-0.4, -0.2) is 48.3 Å². The van der Waals surface area contributed by atoms with Gasteiger partial charge in [-0.25, -0.2) is 0 Å². The van der Waals surface area contributed by atoms with Crippen LogP contribution in [0.2, 0.25) is 0 Å². The quantitative estimate of drug-likeness (QED) is 0.758. The molecule has 0 aliphatic heterocycles. The molecule has 0 aromatic carbocycles. The zero-order valence-corrected chi connectivity index (χ0v) is 14.4. The summed E-state index contributed by atoms with van der Waals surface area (Å²) in [5.74, 6) is 0.737. The fraction of sp³-hybridized carbons (Fsp3) is 1.00. The number of aliphatic hydroxyl groups is 1. The van der Waals surface area contributed by atoms with Crippen molar-refractivity contribution in [1.82, 2.24) is 10.2 Å². The van der Waals surface area contributed by atoms with Gasteiger partial charge in [-0.05, 0) is 43.6 Å². The summed E-state index contributed by atoms with van der Waals surface area (Å²) in [6.07, 6.45) is 9.46. The highest BCUT2D eigenvalue weighted by Gasteiger charge is 2.39. The van der Waals surface area contributed by atoms with Gasteiger partial charge in [-0.2, -0.15) is 0 Å². The van der Waals surface area contributed by atoms with Gasteiger partial charge in [0.15, 0.2) is 0 Å². The maximum Gasteiger partial charge on any atom is 0.0558 e. The van der Waals surface area contributed by atoms with Crippen LogP contribution in [0.25, 0.3) is 0 Å². The van der Waals surface area contributed by atoms with E-state index in [1.165, 1.54) is 51.5 Å². The second kappa shape index (κ2) is 7.94. The van der Waals surface area contributed by atoms with Crippen LogP contribution in [0.3, 0.4) is 0 Å². The maximum absolute atomic E-state index is 9.44. The molecule has 2 aliphatic rings. The van der Waals surface area contributed by atoms with Crippen LogP contribution in [0.15, 0.2) is 0 Å². The normalized spacial score (nSPS) is 30.1. The molecule has 2 unspecified atom stereocenters. The van der Waals surface area contributed by atoms with E-state index < -0.39 is 0 Å². The van der Waals surface area contributed by atoms with Gasteiger partial charge in [-0.15, -0.1) is 0 Å². The summed E-state index contributed by atoms with van der Waals surface area (Å²) in [7, 11) is 0. The topological polar surface area (TPSA) is 35.5 Å². The van der Waals surface area contributed by atoms with Crippen molar-refractivity contribution in [2.24, 2.45) is 11.3 Å². The fourth-order valence-corrected chi connectivity index (χ4v) is 4.76. The maximum atomic E-state index is 9.44. The van der Waals surface area contributed by atoms with Crippen molar-refractivity contribution < 1.29 is 5.11 Å². The van der Waals surface area contributed by atoms with Crippen molar-refractivity contribution in [2.45, 2.75) is 77.8 Å². The third kappa shape index (κ3) is 4.43. The molecular formula is C18H36N2O. The number of nitrogens with one attached hydrogen (secondary N) is 1. The van der Waals surface area contributed by atoms with Gasteiger partial charge < -0.3 is 10.4 Å². The number of nitrogens with zero attached hydrogens (tertiary/aromatic N) is 1. The molecule has 0 heterocycles. The predicted octanol–water partition coefficient (Wildman–Crippen LogP) is 3.03. The minimum Gasteiger partial charge on any atom is -0.395 e. The molecule has 0 spiro atoms. The van der Waals surface area contributed by atoms with Gasteiger partial charge >= 0.3 is 0 Å². The molecule has 2 aliphatic carbocycles. The first-order valence-electron chi connectivity index (χ1n) is 9.16. The summed E-state index contributed by atoms with van der Waals surface area (Å²) in [6, 6.07) is 1.35. The molecule has 21 heavy (non-hydrogen) atoms. The van der Waals surface area contributed by atoms with E-state index in [9.17, 15) is 5.11 Å². The largest absolute Gasteiger partial charge is 0.395 e. The molecular weight excluding hydrogens is 260 g/mol. The van der Waals surface area contributed by atoms with E-state index in [1.807, 2.05) is 0 Å². The monoisotopic (exact) mass is 296 g/mol. The summed E-state index contributed by atoms with van der Waals surface area (Å²) in [5, 5.41) is 13.2. The molecule has 0 aromatic rings. The molecule has 0 bridgehead atoms. The Morgan fingerprint density at radius 2 is 1.86 bits per heavy atom. The van der Waals surface area contributed by atoms with Crippen LogP contribution in [0.4, 0.5) is 0 Å². The third-order valence-corrected chi connectivity index (χ3v) is 5.83. The molecule has 0 radical (unpaired) electrons. The first-order chi connectivity index (χ1) is 10.1. The SMILES string of the molecule is CCNC1C(CN(CCO)C2CCCC2)CCCC1(C)C. The van der Waals surface area contributed by atoms with Crippen molar-refractivity contribution in [1.29, 1.82) is 0 Å². The molecule has 2 saturated carbocycles. The van der Waals surface area contributed by atoms with Gasteiger partial charge in [-0.1, -0.05) is 40.0 Å². The zero-order chi connectivity index (χ0) is 15.3. The van der Waals surface area contributed by atoms with Crippen LogP contribution < -0.4 is 5.32 Å². The van der Waals surface area contributed by atoms with Crippen molar-refractivity contribution in [3.8, 4) is 0 Å². The number of rotatable bonds is 7. The molecule has 0 amide bonds. The van der Waals surface area contributed by atoms with Gasteiger partial charge in [0, 0.05) is 25.2 Å². The van der Waals surface area contributed by atoms with Gasteiger partial charge in [0.1, 0.15) is 0 Å². The van der Waals surface area contributed by atoms with Crippen LogP contribution >= 0.6 is 0 Å². The predicted molar refractivity (Wildman–Crippen MR) is 89.5 cm³/mol. The van der Waals surface area contributed by atoms with E-state index in [2.05, 4.69) is 31.0 Å². The molecule has 124 valence electrons. The second-order valence-electron chi connectivity index (χ2n) is 7.83. The second-order valence-corrected chi connectivity index (χ2v) is 7.83. The minimum absolute atomic E-state index is 0.304. The van der Waals surface area contributed by atoms with E-state index in [-0.39, 0.29) is 0 Å². The smallest absolute Gasteiger partial charge is 0.0558 e. The summed E-state index contributed by atoms with van der Waals surface area (Å²) >= 11 is 0. The number of aliphatic hydroxyl groups excluding tert-OH is 1. The Morgan fingerprint density at radius 3 is 2.48 bits per heavy atom. The molecule has 2 fully saturated rings. The first-order valence-corrected chi connectivity index (χ1v) is 9.16. The van der Waals surface area contributed by atoms with E-state index in [4.69, 9.17) is 0 Å². The van der Waals surface area contributed by atoms with E-state index >= 15 is 0 Å². The third-order valence-electron chi connectivity index (χ3n) is 5.83. The average molecular weight is 296 g/mol. The first kappa shape index (κ1) is 17.2. The Hall–Kier alpha value is -0.120. The summed E-state index contributed by atoms with van der Waals surface area (Å²) in [4.78, 5) is 2.60. The molecule has 2 rings (SSSR count). The minimum atomic E-state index is 0.304. The Morgan fingerprint density at radius 1 is 1.14 bits per heavy atom. The van der Waals surface area contributed by atoms with E-state index in [0.29, 0.717) is 18.1 Å². The van der Waals surface area contributed by atoms with Crippen LogP contribution in [0, 0.1) is 11.3 Å². The Bertz CT molecular complexity index is 300. The van der Waals surface area contributed by atoms with Crippen molar-refractivity contribution >= 4 is 0 Å². The summed E-state index contributed by atoms with van der Waals surface area (Å²) in [6.45, 7) is 10.5.